The van der Waals surface area contributed by atoms with E-state index in [2.05, 4.69) is 19.2 Å². The zero-order chi connectivity index (χ0) is 24.6. The van der Waals surface area contributed by atoms with E-state index in [1.165, 1.54) is 7.11 Å². The van der Waals surface area contributed by atoms with Crippen molar-refractivity contribution in [3.05, 3.63) is 81.2 Å². The lowest BCUT2D eigenvalue weighted by Gasteiger charge is -2.39. The molecule has 0 aromatic heterocycles. The summed E-state index contributed by atoms with van der Waals surface area (Å²) in [4.78, 5) is 26.8. The van der Waals surface area contributed by atoms with Crippen molar-refractivity contribution in [1.82, 2.24) is 5.32 Å². The number of carbonyl (C=O) groups is 2. The van der Waals surface area contributed by atoms with Crippen LogP contribution in [-0.2, 0) is 20.9 Å². The van der Waals surface area contributed by atoms with E-state index in [9.17, 15) is 14.7 Å². The molecular weight excluding hydrogens is 454 g/mol. The van der Waals surface area contributed by atoms with E-state index in [-0.39, 0.29) is 34.3 Å². The van der Waals surface area contributed by atoms with Gasteiger partial charge >= 0.3 is 5.97 Å². The number of ether oxygens (including phenoxy) is 2. The number of halogens is 1. The quantitative estimate of drug-likeness (QED) is 0.556. The van der Waals surface area contributed by atoms with Crippen LogP contribution < -0.4 is 10.1 Å². The first-order chi connectivity index (χ1) is 16.1. The molecule has 178 valence electrons. The van der Waals surface area contributed by atoms with Crippen LogP contribution in [0.5, 0.6) is 11.5 Å². The maximum absolute atomic E-state index is 13.4. The third-order valence-electron chi connectivity index (χ3n) is 6.28. The molecule has 0 radical (unpaired) electrons. The lowest BCUT2D eigenvalue weighted by atomic mass is 9.68. The molecule has 0 fully saturated rings. The molecule has 4 rings (SSSR count). The highest BCUT2D eigenvalue weighted by Gasteiger charge is 2.43. The number of methoxy groups -OCH3 is 1. The van der Waals surface area contributed by atoms with Gasteiger partial charge in [-0.2, -0.15) is 0 Å². The molecule has 2 aliphatic rings. The smallest absolute Gasteiger partial charge is 0.337 e. The molecule has 2 aromatic carbocycles. The number of hydrogen-bond acceptors (Lipinski definition) is 6. The Morgan fingerprint density at radius 3 is 2.59 bits per heavy atom. The summed E-state index contributed by atoms with van der Waals surface area (Å²) in [6.45, 7) is 6.01. The van der Waals surface area contributed by atoms with Crippen LogP contribution in [0.15, 0.2) is 65.0 Å². The molecule has 1 heterocycles. The Labute approximate surface area is 204 Å². The minimum atomic E-state index is -0.699. The lowest BCUT2D eigenvalue weighted by molar-refractivity contribution is -0.140. The fourth-order valence-electron chi connectivity index (χ4n) is 4.76. The molecule has 1 aliphatic carbocycles. The van der Waals surface area contributed by atoms with Crippen LogP contribution in [0.1, 0.15) is 50.7 Å². The SMILES string of the molecule is COc1cc([C@H]2C(C(=O)OCc3ccccc3)=C(C)NC3=C2C(=O)CC(C)(C)C3)cc(Cl)c1O. The maximum atomic E-state index is 13.4. The molecule has 34 heavy (non-hydrogen) atoms. The van der Waals surface area contributed by atoms with Gasteiger partial charge in [0.25, 0.3) is 0 Å². The summed E-state index contributed by atoms with van der Waals surface area (Å²) in [6, 6.07) is 12.6. The van der Waals surface area contributed by atoms with Crippen molar-refractivity contribution in [3.8, 4) is 11.5 Å². The highest BCUT2D eigenvalue weighted by atomic mass is 35.5. The fraction of sp³-hybridized carbons (Fsp3) is 0.333. The van der Waals surface area contributed by atoms with Crippen molar-refractivity contribution in [1.29, 1.82) is 0 Å². The van der Waals surface area contributed by atoms with E-state index in [4.69, 9.17) is 21.1 Å². The number of ketones is 1. The van der Waals surface area contributed by atoms with Crippen molar-refractivity contribution in [3.63, 3.8) is 0 Å². The predicted molar refractivity (Wildman–Crippen MR) is 130 cm³/mol. The van der Waals surface area contributed by atoms with Gasteiger partial charge in [-0.25, -0.2) is 4.79 Å². The van der Waals surface area contributed by atoms with Crippen molar-refractivity contribution < 1.29 is 24.2 Å². The van der Waals surface area contributed by atoms with Gasteiger partial charge in [0, 0.05) is 29.3 Å². The summed E-state index contributed by atoms with van der Waals surface area (Å²) in [5, 5.41) is 13.6. The van der Waals surface area contributed by atoms with Crippen molar-refractivity contribution in [2.75, 3.05) is 7.11 Å². The molecule has 2 N–H and O–H groups in total. The molecule has 0 unspecified atom stereocenters. The lowest BCUT2D eigenvalue weighted by Crippen LogP contribution is -2.38. The third kappa shape index (κ3) is 4.55. The Morgan fingerprint density at radius 1 is 1.21 bits per heavy atom. The number of dihydropyridines is 1. The van der Waals surface area contributed by atoms with Gasteiger partial charge in [0.1, 0.15) is 6.61 Å². The molecule has 0 spiro atoms. The van der Waals surface area contributed by atoms with Crippen LogP contribution >= 0.6 is 11.6 Å². The van der Waals surface area contributed by atoms with Crippen LogP contribution in [0.4, 0.5) is 0 Å². The number of carbonyl (C=O) groups excluding carboxylic acids is 2. The van der Waals surface area contributed by atoms with Crippen LogP contribution in [0.3, 0.4) is 0 Å². The average molecular weight is 482 g/mol. The average Bonchev–Trinajstić information content (AvgIpc) is 2.78. The maximum Gasteiger partial charge on any atom is 0.337 e. The number of phenols is 1. The second-order valence-electron chi connectivity index (χ2n) is 9.55. The third-order valence-corrected chi connectivity index (χ3v) is 6.56. The summed E-state index contributed by atoms with van der Waals surface area (Å²) in [5.41, 5.74) is 3.52. The molecule has 6 nitrogen and oxygen atoms in total. The summed E-state index contributed by atoms with van der Waals surface area (Å²) in [6.07, 6.45) is 1.02. The van der Waals surface area contributed by atoms with Crippen LogP contribution in [-0.4, -0.2) is 24.0 Å². The summed E-state index contributed by atoms with van der Waals surface area (Å²) < 4.78 is 11.0. The number of phenolic OH excluding ortho intramolecular Hbond substituents is 1. The Bertz CT molecular complexity index is 1210. The van der Waals surface area contributed by atoms with E-state index in [1.54, 1.807) is 19.1 Å². The number of Topliss-reactive ketones (excluding diaryl/α,β-unsaturated/α-hetero) is 1. The number of allylic oxidation sites excluding steroid dienone is 3. The zero-order valence-electron chi connectivity index (χ0n) is 19.7. The first-order valence-corrected chi connectivity index (χ1v) is 11.5. The Kier molecular flexibility index (Phi) is 6.45. The van der Waals surface area contributed by atoms with Crippen molar-refractivity contribution in [2.45, 2.75) is 46.1 Å². The summed E-state index contributed by atoms with van der Waals surface area (Å²) >= 11 is 6.30. The highest BCUT2D eigenvalue weighted by Crippen LogP contribution is 2.49. The first kappa shape index (κ1) is 23.9. The van der Waals surface area contributed by atoms with Gasteiger partial charge in [0.2, 0.25) is 0 Å². The first-order valence-electron chi connectivity index (χ1n) is 11.1. The van der Waals surface area contributed by atoms with Crippen LogP contribution in [0.2, 0.25) is 5.02 Å². The Hall–Kier alpha value is -3.25. The second-order valence-corrected chi connectivity index (χ2v) is 9.95. The minimum Gasteiger partial charge on any atom is -0.503 e. The van der Waals surface area contributed by atoms with Gasteiger partial charge in [-0.05, 0) is 42.0 Å². The van der Waals surface area contributed by atoms with Crippen LogP contribution in [0.25, 0.3) is 0 Å². The molecule has 0 amide bonds. The van der Waals surface area contributed by atoms with Crippen LogP contribution in [0, 0.1) is 5.41 Å². The summed E-state index contributed by atoms with van der Waals surface area (Å²) in [7, 11) is 1.42. The topological polar surface area (TPSA) is 84.9 Å². The largest absolute Gasteiger partial charge is 0.503 e. The molecule has 0 bridgehead atoms. The molecule has 1 aliphatic heterocycles. The highest BCUT2D eigenvalue weighted by molar-refractivity contribution is 6.32. The second kappa shape index (κ2) is 9.18. The Balaban J connectivity index is 1.81. The molecular formula is C27H28ClNO5. The fourth-order valence-corrected chi connectivity index (χ4v) is 4.98. The molecule has 0 saturated carbocycles. The van der Waals surface area contributed by atoms with Gasteiger partial charge in [-0.1, -0.05) is 55.8 Å². The number of benzene rings is 2. The number of rotatable bonds is 5. The van der Waals surface area contributed by atoms with E-state index < -0.39 is 11.9 Å². The summed E-state index contributed by atoms with van der Waals surface area (Å²) in [5.74, 6) is -1.28. The number of nitrogens with one attached hydrogen (secondary N) is 1. The van der Waals surface area contributed by atoms with Gasteiger partial charge in [0.15, 0.2) is 17.3 Å². The van der Waals surface area contributed by atoms with Gasteiger partial charge in [-0.15, -0.1) is 0 Å². The predicted octanol–water partition coefficient (Wildman–Crippen LogP) is 5.40. The number of hydrogen-bond donors (Lipinski definition) is 2. The van der Waals surface area contributed by atoms with Crippen molar-refractivity contribution >= 4 is 23.4 Å². The Morgan fingerprint density at radius 2 is 1.91 bits per heavy atom. The minimum absolute atomic E-state index is 0.0345. The van der Waals surface area contributed by atoms with E-state index in [0.717, 1.165) is 11.3 Å². The van der Waals surface area contributed by atoms with Crippen molar-refractivity contribution in [2.24, 2.45) is 5.41 Å². The molecule has 7 heteroatoms. The standard InChI is InChI=1S/C27H28ClNO5/c1-15-22(26(32)34-14-16-8-6-5-7-9-16)23(17-10-18(28)25(31)21(11-17)33-4)24-19(29-15)12-27(2,3)13-20(24)30/h5-11,23,29,31H,12-14H2,1-4H3/t23-/m0/s1. The zero-order valence-corrected chi connectivity index (χ0v) is 20.5. The van der Waals surface area contributed by atoms with E-state index >= 15 is 0 Å². The molecule has 2 aromatic rings. The number of esters is 1. The monoisotopic (exact) mass is 481 g/mol. The van der Waals surface area contributed by atoms with Gasteiger partial charge in [0.05, 0.1) is 17.7 Å². The molecule has 1 atom stereocenters. The van der Waals surface area contributed by atoms with Gasteiger partial charge < -0.3 is 19.9 Å². The molecule has 0 saturated heterocycles. The van der Waals surface area contributed by atoms with E-state index in [0.29, 0.717) is 35.2 Å². The normalized spacial score (nSPS) is 19.4. The van der Waals surface area contributed by atoms with Gasteiger partial charge in [-0.3, -0.25) is 4.79 Å². The van der Waals surface area contributed by atoms with E-state index in [1.807, 2.05) is 30.3 Å². The number of aromatic hydroxyl groups is 1.